The predicted octanol–water partition coefficient (Wildman–Crippen LogP) is 15.3. The Kier molecular flexibility index (Phi) is 46.6. The maximum atomic E-state index is 12.8. The highest BCUT2D eigenvalue weighted by molar-refractivity contribution is 7.47. The van der Waals surface area contributed by atoms with Gasteiger partial charge in [-0.1, -0.05) is 264 Å². The minimum atomic E-state index is -4.31. The van der Waals surface area contributed by atoms with Gasteiger partial charge in [-0.15, -0.1) is 0 Å². The number of carbonyl (C=O) groups is 1. The molecule has 3 atom stereocenters. The normalized spacial score (nSPS) is 13.8. The van der Waals surface area contributed by atoms with E-state index in [1.165, 1.54) is 218 Å². The Balaban J connectivity index is 3.81. The monoisotopic (exact) mass is 859 g/mol. The second-order valence-electron chi connectivity index (χ2n) is 18.1. The molecule has 0 bridgehead atoms. The molecule has 0 rings (SSSR count). The number of aliphatic hydroxyl groups excluding tert-OH is 1. The molecule has 0 heterocycles. The van der Waals surface area contributed by atoms with Crippen LogP contribution < -0.4 is 11.1 Å². The summed E-state index contributed by atoms with van der Waals surface area (Å²) in [6.45, 7) is 4.24. The molecule has 0 aromatic rings. The second-order valence-corrected chi connectivity index (χ2v) is 19.6. The van der Waals surface area contributed by atoms with E-state index in [1.807, 2.05) is 0 Å². The zero-order chi connectivity index (χ0) is 43.2. The van der Waals surface area contributed by atoms with Gasteiger partial charge in [-0.05, 0) is 12.8 Å². The Morgan fingerprint density at radius 1 is 0.492 bits per heavy atom. The molecule has 0 aliphatic rings. The lowest BCUT2D eigenvalue weighted by molar-refractivity contribution is -0.123. The first-order chi connectivity index (χ1) is 28.9. The second kappa shape index (κ2) is 47.0. The van der Waals surface area contributed by atoms with Gasteiger partial charge in [-0.2, -0.15) is 0 Å². The molecule has 1 amide bonds. The summed E-state index contributed by atoms with van der Waals surface area (Å²) in [6.07, 6.45) is 52.9. The molecule has 0 fully saturated rings. The fraction of sp³-hybridized carbons (Fsp3) is 0.980. The maximum absolute atomic E-state index is 12.8. The van der Waals surface area contributed by atoms with Crippen LogP contribution in [0.3, 0.4) is 0 Å². The van der Waals surface area contributed by atoms with Crippen LogP contribution in [0.5, 0.6) is 0 Å². The molecule has 0 saturated heterocycles. The first-order valence-electron chi connectivity index (χ1n) is 26.2. The molecule has 0 aliphatic carbocycles. The van der Waals surface area contributed by atoms with E-state index in [0.29, 0.717) is 12.8 Å². The SMILES string of the molecule is CCCCCCCCCCCCCCCCCCCCCCCCCCCCCCCC(=O)N[C@@H](COP(=O)(O)OCCN)[C@H](O)CCCCCCCCCCCCC. The molecule has 59 heavy (non-hydrogen) atoms. The van der Waals surface area contributed by atoms with Crippen LogP contribution in [0.15, 0.2) is 0 Å². The summed E-state index contributed by atoms with van der Waals surface area (Å²) in [6, 6.07) is -0.767. The van der Waals surface area contributed by atoms with Crippen LogP contribution in [-0.4, -0.2) is 47.8 Å². The van der Waals surface area contributed by atoms with Gasteiger partial charge in [0.15, 0.2) is 0 Å². The number of hydrogen-bond donors (Lipinski definition) is 4. The summed E-state index contributed by atoms with van der Waals surface area (Å²) in [4.78, 5) is 22.8. The zero-order valence-electron chi connectivity index (χ0n) is 39.5. The molecular formula is C50H103N2O6P. The summed E-state index contributed by atoms with van der Waals surface area (Å²) in [5.74, 6) is -0.155. The molecule has 0 spiro atoms. The van der Waals surface area contributed by atoms with E-state index < -0.39 is 20.0 Å². The molecule has 8 nitrogen and oxygen atoms in total. The van der Waals surface area contributed by atoms with Crippen molar-refractivity contribution in [3.63, 3.8) is 0 Å². The van der Waals surface area contributed by atoms with E-state index >= 15 is 0 Å². The summed E-state index contributed by atoms with van der Waals surface area (Å²) in [7, 11) is -4.31. The summed E-state index contributed by atoms with van der Waals surface area (Å²) in [5, 5.41) is 13.8. The van der Waals surface area contributed by atoms with Crippen molar-refractivity contribution in [3.8, 4) is 0 Å². The molecule has 5 N–H and O–H groups in total. The highest BCUT2D eigenvalue weighted by atomic mass is 31.2. The van der Waals surface area contributed by atoms with Gasteiger partial charge in [-0.25, -0.2) is 4.57 Å². The van der Waals surface area contributed by atoms with Crippen LogP contribution in [0.25, 0.3) is 0 Å². The summed E-state index contributed by atoms with van der Waals surface area (Å²) < 4.78 is 22.2. The van der Waals surface area contributed by atoms with Crippen LogP contribution in [0, 0.1) is 0 Å². The van der Waals surface area contributed by atoms with Gasteiger partial charge in [0, 0.05) is 13.0 Å². The molecule has 0 radical (unpaired) electrons. The third-order valence-corrected chi connectivity index (χ3v) is 13.2. The van der Waals surface area contributed by atoms with Crippen molar-refractivity contribution in [2.45, 2.75) is 296 Å². The summed E-state index contributed by atoms with van der Waals surface area (Å²) in [5.41, 5.74) is 5.39. The zero-order valence-corrected chi connectivity index (χ0v) is 40.4. The largest absolute Gasteiger partial charge is 0.472 e. The molecule has 9 heteroatoms. The standard InChI is InChI=1S/C50H103N2O6P/c1-3-5-7-9-11-13-15-16-17-18-19-20-21-22-23-24-25-26-27-28-29-30-31-32-34-36-38-40-42-44-50(54)52-48(47-58-59(55,56)57-46-45-51)49(53)43-41-39-37-35-33-14-12-10-8-6-4-2/h48-49,53H,3-47,51H2,1-2H3,(H,52,54)(H,55,56)/t48-,49+/m0/s1. The lowest BCUT2D eigenvalue weighted by atomic mass is 10.0. The van der Waals surface area contributed by atoms with E-state index in [9.17, 15) is 19.4 Å². The van der Waals surface area contributed by atoms with Gasteiger partial charge in [0.05, 0.1) is 25.4 Å². The van der Waals surface area contributed by atoms with Gasteiger partial charge < -0.3 is 21.1 Å². The molecular weight excluding hydrogens is 756 g/mol. The number of nitrogens with one attached hydrogen (secondary N) is 1. The van der Waals surface area contributed by atoms with Gasteiger partial charge in [0.2, 0.25) is 5.91 Å². The quantitative estimate of drug-likeness (QED) is 0.0354. The van der Waals surface area contributed by atoms with Gasteiger partial charge in [0.25, 0.3) is 0 Å². The van der Waals surface area contributed by atoms with Gasteiger partial charge in [0.1, 0.15) is 0 Å². The number of carbonyl (C=O) groups excluding carboxylic acids is 1. The van der Waals surface area contributed by atoms with Crippen molar-refractivity contribution < 1.29 is 28.4 Å². The lowest BCUT2D eigenvalue weighted by Crippen LogP contribution is -2.46. The van der Waals surface area contributed by atoms with E-state index in [0.717, 1.165) is 38.5 Å². The van der Waals surface area contributed by atoms with E-state index in [4.69, 9.17) is 14.8 Å². The van der Waals surface area contributed by atoms with Crippen molar-refractivity contribution in [1.29, 1.82) is 0 Å². The predicted molar refractivity (Wildman–Crippen MR) is 254 cm³/mol. The first kappa shape index (κ1) is 58.5. The van der Waals surface area contributed by atoms with Crippen LogP contribution >= 0.6 is 7.82 Å². The molecule has 0 aliphatic heterocycles. The number of nitrogens with two attached hydrogens (primary N) is 1. The molecule has 0 aromatic heterocycles. The molecule has 0 saturated carbocycles. The Hall–Kier alpha value is -0.500. The van der Waals surface area contributed by atoms with Crippen molar-refractivity contribution in [2.75, 3.05) is 19.8 Å². The average molecular weight is 859 g/mol. The highest BCUT2D eigenvalue weighted by Gasteiger charge is 2.27. The van der Waals surface area contributed by atoms with Crippen LogP contribution in [0.4, 0.5) is 0 Å². The fourth-order valence-electron chi connectivity index (χ4n) is 8.26. The van der Waals surface area contributed by atoms with Gasteiger partial charge in [-0.3, -0.25) is 13.8 Å². The number of hydrogen-bond acceptors (Lipinski definition) is 6. The topological polar surface area (TPSA) is 131 Å². The number of rotatable bonds is 50. The van der Waals surface area contributed by atoms with E-state index in [1.54, 1.807) is 0 Å². The van der Waals surface area contributed by atoms with Crippen LogP contribution in [-0.2, 0) is 18.4 Å². The number of phosphoric acid groups is 1. The Bertz CT molecular complexity index is 895. The number of unbranched alkanes of at least 4 members (excludes halogenated alkanes) is 38. The van der Waals surface area contributed by atoms with Gasteiger partial charge >= 0.3 is 7.82 Å². The molecule has 1 unspecified atom stereocenters. The lowest BCUT2D eigenvalue weighted by Gasteiger charge is -2.25. The number of phosphoric ester groups is 1. The Labute approximate surface area is 367 Å². The van der Waals surface area contributed by atoms with Crippen molar-refractivity contribution in [3.05, 3.63) is 0 Å². The third-order valence-electron chi connectivity index (χ3n) is 12.2. The van der Waals surface area contributed by atoms with Crippen LogP contribution in [0.1, 0.15) is 284 Å². The maximum Gasteiger partial charge on any atom is 0.472 e. The average Bonchev–Trinajstić information content (AvgIpc) is 3.22. The Morgan fingerprint density at radius 2 is 0.780 bits per heavy atom. The third kappa shape index (κ3) is 45.3. The van der Waals surface area contributed by atoms with Crippen LogP contribution in [0.2, 0.25) is 0 Å². The Morgan fingerprint density at radius 3 is 1.08 bits per heavy atom. The minimum Gasteiger partial charge on any atom is -0.391 e. The smallest absolute Gasteiger partial charge is 0.391 e. The highest BCUT2D eigenvalue weighted by Crippen LogP contribution is 2.43. The van der Waals surface area contributed by atoms with Crippen molar-refractivity contribution >= 4 is 13.7 Å². The van der Waals surface area contributed by atoms with Crippen molar-refractivity contribution in [1.82, 2.24) is 5.32 Å². The van der Waals surface area contributed by atoms with E-state index in [-0.39, 0.29) is 25.7 Å². The fourth-order valence-corrected chi connectivity index (χ4v) is 9.02. The number of aliphatic hydroxyl groups is 1. The molecule has 0 aromatic carbocycles. The summed E-state index contributed by atoms with van der Waals surface area (Å²) >= 11 is 0. The molecule has 354 valence electrons. The minimum absolute atomic E-state index is 0.0925. The number of amides is 1. The van der Waals surface area contributed by atoms with E-state index in [2.05, 4.69) is 19.2 Å². The van der Waals surface area contributed by atoms with Crippen molar-refractivity contribution in [2.24, 2.45) is 5.73 Å². The first-order valence-corrected chi connectivity index (χ1v) is 27.6.